The largest absolute Gasteiger partial charge is 0.366 e. The van der Waals surface area contributed by atoms with Gasteiger partial charge in [0, 0.05) is 23.8 Å². The van der Waals surface area contributed by atoms with Gasteiger partial charge in [0.05, 0.1) is 11.5 Å². The fourth-order valence-electron chi connectivity index (χ4n) is 2.24. The molecule has 6 nitrogen and oxygen atoms in total. The Labute approximate surface area is 113 Å². The van der Waals surface area contributed by atoms with Gasteiger partial charge in [-0.3, -0.25) is 0 Å². The third kappa shape index (κ3) is 3.34. The topological polar surface area (TPSA) is 84.0 Å². The number of sulfone groups is 1. The number of aromatic nitrogens is 2. The second-order valence-corrected chi connectivity index (χ2v) is 7.61. The van der Waals surface area contributed by atoms with Crippen LogP contribution in [0.25, 0.3) is 0 Å². The first-order valence-corrected chi connectivity index (χ1v) is 8.41. The Balaban J connectivity index is 1.71. The van der Waals surface area contributed by atoms with Crippen molar-refractivity contribution >= 4 is 21.6 Å². The lowest BCUT2D eigenvalue weighted by Gasteiger charge is -2.13. The Hall–Kier alpha value is -1.37. The van der Waals surface area contributed by atoms with Crippen LogP contribution in [0.15, 0.2) is 6.07 Å². The average molecular weight is 282 g/mol. The summed E-state index contributed by atoms with van der Waals surface area (Å²) in [6, 6.07) is 2.32. The predicted octanol–water partition coefficient (Wildman–Crippen LogP) is 0.958. The maximum absolute atomic E-state index is 11.4. The maximum Gasteiger partial charge on any atom is 0.225 e. The molecule has 2 fully saturated rings. The number of nitrogens with zero attached hydrogens (tertiary/aromatic N) is 2. The fourth-order valence-corrected chi connectivity index (χ4v) is 3.91. The average Bonchev–Trinajstić information content (AvgIpc) is 3.02. The highest BCUT2D eigenvalue weighted by Crippen LogP contribution is 2.24. The van der Waals surface area contributed by atoms with E-state index < -0.39 is 9.84 Å². The second-order valence-electron chi connectivity index (χ2n) is 5.38. The van der Waals surface area contributed by atoms with Crippen LogP contribution >= 0.6 is 0 Å². The molecular weight excluding hydrogens is 264 g/mol. The van der Waals surface area contributed by atoms with Crippen LogP contribution < -0.4 is 10.6 Å². The maximum atomic E-state index is 11.4. The number of hydrogen-bond acceptors (Lipinski definition) is 6. The Bertz CT molecular complexity index is 583. The van der Waals surface area contributed by atoms with Gasteiger partial charge in [0.25, 0.3) is 0 Å². The molecule has 1 aromatic heterocycles. The highest BCUT2D eigenvalue weighted by molar-refractivity contribution is 7.91. The summed E-state index contributed by atoms with van der Waals surface area (Å²) in [6.45, 7) is 1.91. The Morgan fingerprint density at radius 2 is 1.95 bits per heavy atom. The van der Waals surface area contributed by atoms with Gasteiger partial charge in [0.2, 0.25) is 5.95 Å². The van der Waals surface area contributed by atoms with Crippen LogP contribution in [0, 0.1) is 6.92 Å². The van der Waals surface area contributed by atoms with Crippen molar-refractivity contribution in [2.45, 2.75) is 38.3 Å². The molecule has 3 rings (SSSR count). The Morgan fingerprint density at radius 3 is 2.58 bits per heavy atom. The van der Waals surface area contributed by atoms with Crippen molar-refractivity contribution in [2.24, 2.45) is 0 Å². The number of rotatable bonds is 4. The smallest absolute Gasteiger partial charge is 0.225 e. The van der Waals surface area contributed by atoms with Crippen molar-refractivity contribution in [1.29, 1.82) is 0 Å². The van der Waals surface area contributed by atoms with Crippen molar-refractivity contribution in [2.75, 3.05) is 22.1 Å². The molecule has 1 atom stereocenters. The Morgan fingerprint density at radius 1 is 1.16 bits per heavy atom. The summed E-state index contributed by atoms with van der Waals surface area (Å²) in [5, 5.41) is 6.46. The summed E-state index contributed by atoms with van der Waals surface area (Å²) < 4.78 is 22.9. The van der Waals surface area contributed by atoms with E-state index in [1.54, 1.807) is 0 Å². The second kappa shape index (κ2) is 4.63. The summed E-state index contributed by atoms with van der Waals surface area (Å²) >= 11 is 0. The van der Waals surface area contributed by atoms with Crippen LogP contribution in [0.2, 0.25) is 0 Å². The lowest BCUT2D eigenvalue weighted by atomic mass is 10.2. The monoisotopic (exact) mass is 282 g/mol. The highest BCUT2D eigenvalue weighted by Gasteiger charge is 2.28. The third-order valence-electron chi connectivity index (χ3n) is 3.35. The summed E-state index contributed by atoms with van der Waals surface area (Å²) in [5.41, 5.74) is 0.876. The molecule has 0 bridgehead atoms. The minimum Gasteiger partial charge on any atom is -0.366 e. The molecule has 7 heteroatoms. The standard InChI is InChI=1S/C12H18N4O2S/c1-8-6-11(14-10-4-5-19(17,18)7-10)16-12(13-8)15-9-2-3-9/h6,9-10H,2-5,7H2,1H3,(H2,13,14,15,16). The van der Waals surface area contributed by atoms with E-state index in [1.807, 2.05) is 13.0 Å². The first-order chi connectivity index (χ1) is 9.00. The zero-order chi connectivity index (χ0) is 13.5. The molecule has 1 aliphatic heterocycles. The van der Waals surface area contributed by atoms with Crippen molar-refractivity contribution < 1.29 is 8.42 Å². The van der Waals surface area contributed by atoms with Gasteiger partial charge in [0.1, 0.15) is 5.82 Å². The molecule has 1 aliphatic carbocycles. The quantitative estimate of drug-likeness (QED) is 0.855. The van der Waals surface area contributed by atoms with Crippen molar-refractivity contribution in [3.63, 3.8) is 0 Å². The number of anilines is 2. The van der Waals surface area contributed by atoms with Crippen molar-refractivity contribution in [1.82, 2.24) is 9.97 Å². The molecule has 0 radical (unpaired) electrons. The van der Waals surface area contributed by atoms with Crippen LogP contribution in [0.4, 0.5) is 11.8 Å². The first-order valence-electron chi connectivity index (χ1n) is 6.59. The summed E-state index contributed by atoms with van der Waals surface area (Å²) in [7, 11) is -2.87. The van der Waals surface area contributed by atoms with E-state index in [1.165, 1.54) is 12.8 Å². The minimum atomic E-state index is -2.87. The SMILES string of the molecule is Cc1cc(NC2CCS(=O)(=O)C2)nc(NC2CC2)n1. The molecule has 0 amide bonds. The third-order valence-corrected chi connectivity index (χ3v) is 5.12. The number of hydrogen-bond donors (Lipinski definition) is 2. The van der Waals surface area contributed by atoms with Crippen molar-refractivity contribution in [3.05, 3.63) is 11.8 Å². The zero-order valence-electron chi connectivity index (χ0n) is 10.9. The predicted molar refractivity (Wildman–Crippen MR) is 74.1 cm³/mol. The van der Waals surface area contributed by atoms with Crippen LogP contribution in [0.3, 0.4) is 0 Å². The van der Waals surface area contributed by atoms with E-state index in [0.29, 0.717) is 24.2 Å². The van der Waals surface area contributed by atoms with E-state index in [2.05, 4.69) is 20.6 Å². The van der Waals surface area contributed by atoms with E-state index in [9.17, 15) is 8.42 Å². The molecule has 1 unspecified atom stereocenters. The van der Waals surface area contributed by atoms with Crippen molar-refractivity contribution in [3.8, 4) is 0 Å². The summed E-state index contributed by atoms with van der Waals surface area (Å²) in [5.74, 6) is 1.80. The van der Waals surface area contributed by atoms with Gasteiger partial charge in [-0.2, -0.15) is 4.98 Å². The highest BCUT2D eigenvalue weighted by atomic mass is 32.2. The molecule has 0 aromatic carbocycles. The molecule has 2 aliphatic rings. The summed E-state index contributed by atoms with van der Waals surface area (Å²) in [4.78, 5) is 8.73. The molecule has 19 heavy (non-hydrogen) atoms. The summed E-state index contributed by atoms with van der Waals surface area (Å²) in [6.07, 6.45) is 2.98. The van der Waals surface area contributed by atoms with E-state index in [4.69, 9.17) is 0 Å². The molecule has 1 saturated carbocycles. The van der Waals surface area contributed by atoms with Gasteiger partial charge in [0.15, 0.2) is 9.84 Å². The molecule has 1 saturated heterocycles. The zero-order valence-corrected chi connectivity index (χ0v) is 11.7. The van der Waals surface area contributed by atoms with Gasteiger partial charge >= 0.3 is 0 Å². The lowest BCUT2D eigenvalue weighted by molar-refractivity contribution is 0.602. The molecule has 1 aromatic rings. The number of aryl methyl sites for hydroxylation is 1. The van der Waals surface area contributed by atoms with E-state index in [-0.39, 0.29) is 17.5 Å². The Kier molecular flexibility index (Phi) is 3.08. The van der Waals surface area contributed by atoms with E-state index >= 15 is 0 Å². The molecular formula is C12H18N4O2S. The number of nitrogens with one attached hydrogen (secondary N) is 2. The lowest BCUT2D eigenvalue weighted by Crippen LogP contribution is -2.21. The van der Waals surface area contributed by atoms with Crippen LogP contribution in [0.5, 0.6) is 0 Å². The minimum absolute atomic E-state index is 0.0342. The van der Waals surface area contributed by atoms with Crippen LogP contribution in [-0.4, -0.2) is 42.0 Å². The first kappa shape index (κ1) is 12.7. The van der Waals surface area contributed by atoms with Crippen LogP contribution in [0.1, 0.15) is 25.0 Å². The van der Waals surface area contributed by atoms with Gasteiger partial charge in [-0.25, -0.2) is 13.4 Å². The normalized spacial score (nSPS) is 25.2. The van der Waals surface area contributed by atoms with Gasteiger partial charge in [-0.15, -0.1) is 0 Å². The van der Waals surface area contributed by atoms with Gasteiger partial charge in [-0.1, -0.05) is 0 Å². The van der Waals surface area contributed by atoms with Crippen LogP contribution in [-0.2, 0) is 9.84 Å². The van der Waals surface area contributed by atoms with Gasteiger partial charge in [-0.05, 0) is 26.2 Å². The molecule has 2 heterocycles. The van der Waals surface area contributed by atoms with Gasteiger partial charge < -0.3 is 10.6 Å². The molecule has 104 valence electrons. The molecule has 0 spiro atoms. The molecule has 2 N–H and O–H groups in total. The fraction of sp³-hybridized carbons (Fsp3) is 0.667. The van der Waals surface area contributed by atoms with E-state index in [0.717, 1.165) is 5.69 Å².